The van der Waals surface area contributed by atoms with E-state index < -0.39 is 0 Å². The molecule has 0 unspecified atom stereocenters. The van der Waals surface area contributed by atoms with Gasteiger partial charge in [0.2, 0.25) is 5.91 Å². The lowest BCUT2D eigenvalue weighted by atomic mass is 10.2. The monoisotopic (exact) mass is 360 g/mol. The number of anilines is 1. The van der Waals surface area contributed by atoms with Crippen molar-refractivity contribution in [3.05, 3.63) is 66.2 Å². The predicted molar refractivity (Wildman–Crippen MR) is 104 cm³/mol. The van der Waals surface area contributed by atoms with Crippen molar-refractivity contribution in [3.63, 3.8) is 0 Å². The Labute approximate surface area is 156 Å². The summed E-state index contributed by atoms with van der Waals surface area (Å²) in [6, 6.07) is 15.7. The van der Waals surface area contributed by atoms with E-state index in [9.17, 15) is 4.79 Å². The number of hydrogen-bond donors (Lipinski definition) is 1. The Kier molecular flexibility index (Phi) is 4.46. The molecule has 0 spiro atoms. The summed E-state index contributed by atoms with van der Waals surface area (Å²) in [5.41, 5.74) is 3.39. The molecule has 0 aliphatic heterocycles. The largest absolute Gasteiger partial charge is 0.461 e. The van der Waals surface area contributed by atoms with Crippen LogP contribution in [0.1, 0.15) is 17.9 Å². The fourth-order valence-corrected chi connectivity index (χ4v) is 3.11. The molecule has 1 amide bonds. The molecule has 6 heteroatoms. The number of nitrogens with zero attached hydrogens (tertiary/aromatic N) is 3. The summed E-state index contributed by atoms with van der Waals surface area (Å²) in [6.07, 6.45) is 2.54. The fourth-order valence-electron chi connectivity index (χ4n) is 3.11. The minimum Gasteiger partial charge on any atom is -0.461 e. The zero-order valence-electron chi connectivity index (χ0n) is 15.3. The Morgan fingerprint density at radius 3 is 2.81 bits per heavy atom. The molecule has 1 N–H and O–H groups in total. The molecular formula is C21H20N4O2. The van der Waals surface area contributed by atoms with Crippen LogP contribution in [0.2, 0.25) is 0 Å². The molecule has 0 atom stereocenters. The molecule has 0 bridgehead atoms. The highest BCUT2D eigenvalue weighted by molar-refractivity contribution is 5.93. The van der Waals surface area contributed by atoms with Gasteiger partial charge >= 0.3 is 0 Å². The highest BCUT2D eigenvalue weighted by atomic mass is 16.3. The summed E-state index contributed by atoms with van der Waals surface area (Å²) in [5, 5.41) is 8.18. The minimum absolute atomic E-state index is 0.0737. The molecule has 0 fully saturated rings. The second-order valence-electron chi connectivity index (χ2n) is 6.48. The summed E-state index contributed by atoms with van der Waals surface area (Å²) in [7, 11) is 1.85. The number of carbonyl (C=O) groups excluding carboxylic acids is 1. The number of furan rings is 1. The maximum atomic E-state index is 12.3. The number of aromatic nitrogens is 3. The molecule has 0 saturated carbocycles. The maximum absolute atomic E-state index is 12.3. The van der Waals surface area contributed by atoms with Gasteiger partial charge in [0, 0.05) is 30.8 Å². The van der Waals surface area contributed by atoms with E-state index in [1.54, 1.807) is 10.9 Å². The first-order valence-corrected chi connectivity index (χ1v) is 8.83. The maximum Gasteiger partial charge on any atom is 0.224 e. The number of aryl methyl sites for hydroxylation is 3. The van der Waals surface area contributed by atoms with Gasteiger partial charge in [0.25, 0.3) is 0 Å². The quantitative estimate of drug-likeness (QED) is 0.581. The Bertz CT molecular complexity index is 1100. The average Bonchev–Trinajstić information content (AvgIpc) is 3.26. The molecular weight excluding hydrogens is 340 g/mol. The van der Waals surface area contributed by atoms with Crippen LogP contribution in [0.5, 0.6) is 0 Å². The van der Waals surface area contributed by atoms with Crippen LogP contribution in [-0.4, -0.2) is 20.7 Å². The zero-order valence-corrected chi connectivity index (χ0v) is 15.3. The Hall–Kier alpha value is -3.41. The van der Waals surface area contributed by atoms with E-state index in [-0.39, 0.29) is 5.91 Å². The molecule has 6 nitrogen and oxygen atoms in total. The third-order valence-electron chi connectivity index (χ3n) is 4.47. The second-order valence-corrected chi connectivity index (χ2v) is 6.48. The molecule has 0 aliphatic carbocycles. The number of fused-ring (bicyclic) bond motifs is 1. The normalized spacial score (nSPS) is 11.0. The molecule has 4 rings (SSSR count). The number of rotatable bonds is 5. The summed E-state index contributed by atoms with van der Waals surface area (Å²) in [5.74, 6) is 1.53. The van der Waals surface area contributed by atoms with Crippen LogP contribution >= 0.6 is 0 Å². The van der Waals surface area contributed by atoms with Crippen LogP contribution in [0.4, 0.5) is 5.69 Å². The molecule has 1 aromatic carbocycles. The molecule has 0 aliphatic rings. The first-order valence-electron chi connectivity index (χ1n) is 8.83. The molecule has 0 radical (unpaired) electrons. The van der Waals surface area contributed by atoms with E-state index >= 15 is 0 Å². The summed E-state index contributed by atoms with van der Waals surface area (Å²) >= 11 is 0. The minimum atomic E-state index is -0.0737. The molecule has 136 valence electrons. The number of carbonyl (C=O) groups is 1. The van der Waals surface area contributed by atoms with Crippen molar-refractivity contribution in [1.29, 1.82) is 0 Å². The third-order valence-corrected chi connectivity index (χ3v) is 4.47. The van der Waals surface area contributed by atoms with E-state index in [2.05, 4.69) is 15.4 Å². The lowest BCUT2D eigenvalue weighted by Gasteiger charge is -2.05. The van der Waals surface area contributed by atoms with Gasteiger partial charge in [0.1, 0.15) is 11.5 Å². The van der Waals surface area contributed by atoms with Crippen LogP contribution in [0, 0.1) is 6.92 Å². The van der Waals surface area contributed by atoms with Crippen molar-refractivity contribution >= 4 is 22.6 Å². The number of hydrogen-bond acceptors (Lipinski definition) is 4. The number of benzene rings is 1. The van der Waals surface area contributed by atoms with Gasteiger partial charge in [-0.15, -0.1) is 0 Å². The van der Waals surface area contributed by atoms with E-state index in [4.69, 9.17) is 4.42 Å². The van der Waals surface area contributed by atoms with Gasteiger partial charge in [-0.1, -0.05) is 30.3 Å². The third kappa shape index (κ3) is 3.60. The van der Waals surface area contributed by atoms with Crippen molar-refractivity contribution in [2.24, 2.45) is 7.05 Å². The Balaban J connectivity index is 1.39. The SMILES string of the molecule is Cc1nn(C)c2ncc(NC(=O)CCc3ccc(-c4ccccc4)o3)cc12. The Morgan fingerprint density at radius 2 is 2.00 bits per heavy atom. The van der Waals surface area contributed by atoms with Crippen LogP contribution < -0.4 is 5.32 Å². The van der Waals surface area contributed by atoms with Crippen molar-refractivity contribution < 1.29 is 9.21 Å². The number of pyridine rings is 1. The highest BCUT2D eigenvalue weighted by Gasteiger charge is 2.10. The molecule has 0 saturated heterocycles. The van der Waals surface area contributed by atoms with Crippen molar-refractivity contribution in [2.75, 3.05) is 5.32 Å². The van der Waals surface area contributed by atoms with Crippen LogP contribution in [0.25, 0.3) is 22.4 Å². The van der Waals surface area contributed by atoms with E-state index in [0.717, 1.165) is 33.8 Å². The van der Waals surface area contributed by atoms with Gasteiger partial charge in [0.05, 0.1) is 17.6 Å². The van der Waals surface area contributed by atoms with Crippen molar-refractivity contribution in [1.82, 2.24) is 14.8 Å². The average molecular weight is 360 g/mol. The second kappa shape index (κ2) is 7.07. The van der Waals surface area contributed by atoms with Crippen LogP contribution in [-0.2, 0) is 18.3 Å². The number of nitrogens with one attached hydrogen (secondary N) is 1. The van der Waals surface area contributed by atoms with Gasteiger partial charge in [0.15, 0.2) is 5.65 Å². The van der Waals surface area contributed by atoms with Crippen LogP contribution in [0.3, 0.4) is 0 Å². The molecule has 3 heterocycles. The smallest absolute Gasteiger partial charge is 0.224 e. The van der Waals surface area contributed by atoms with Gasteiger partial charge in [-0.05, 0) is 25.1 Å². The number of amides is 1. The molecule has 4 aromatic rings. The first kappa shape index (κ1) is 17.0. The molecule has 27 heavy (non-hydrogen) atoms. The van der Waals surface area contributed by atoms with Gasteiger partial charge in [-0.2, -0.15) is 5.10 Å². The van der Waals surface area contributed by atoms with Gasteiger partial charge in [-0.3, -0.25) is 9.48 Å². The predicted octanol–water partition coefficient (Wildman–Crippen LogP) is 4.11. The van der Waals surface area contributed by atoms with Crippen molar-refractivity contribution in [3.8, 4) is 11.3 Å². The Morgan fingerprint density at radius 1 is 1.19 bits per heavy atom. The zero-order chi connectivity index (χ0) is 18.8. The first-order chi connectivity index (χ1) is 13.1. The molecule has 3 aromatic heterocycles. The summed E-state index contributed by atoms with van der Waals surface area (Å²) in [6.45, 7) is 1.93. The lowest BCUT2D eigenvalue weighted by Crippen LogP contribution is -2.12. The van der Waals surface area contributed by atoms with Crippen molar-refractivity contribution in [2.45, 2.75) is 19.8 Å². The van der Waals surface area contributed by atoms with Gasteiger partial charge < -0.3 is 9.73 Å². The van der Waals surface area contributed by atoms with E-state index in [0.29, 0.717) is 18.5 Å². The highest BCUT2D eigenvalue weighted by Crippen LogP contribution is 2.23. The van der Waals surface area contributed by atoms with Crippen LogP contribution in [0.15, 0.2) is 59.1 Å². The fraction of sp³-hybridized carbons (Fsp3) is 0.190. The van der Waals surface area contributed by atoms with E-state index in [1.807, 2.05) is 62.5 Å². The topological polar surface area (TPSA) is 73.0 Å². The summed E-state index contributed by atoms with van der Waals surface area (Å²) in [4.78, 5) is 16.7. The van der Waals surface area contributed by atoms with Gasteiger partial charge in [-0.25, -0.2) is 4.98 Å². The lowest BCUT2D eigenvalue weighted by molar-refractivity contribution is -0.116. The summed E-state index contributed by atoms with van der Waals surface area (Å²) < 4.78 is 7.58. The standard InChI is InChI=1S/C21H20N4O2/c1-14-18-12-16(13-22-21(18)25(2)24-14)23-20(26)11-9-17-8-10-19(27-17)15-6-4-3-5-7-15/h3-8,10,12-13H,9,11H2,1-2H3,(H,23,26). The van der Waals surface area contributed by atoms with E-state index in [1.165, 1.54) is 0 Å².